The molecule has 0 radical (unpaired) electrons. The van der Waals surface area contributed by atoms with Crippen LogP contribution in [0.5, 0.6) is 5.75 Å². The van der Waals surface area contributed by atoms with E-state index in [2.05, 4.69) is 0 Å². The highest BCUT2D eigenvalue weighted by atomic mass is 19.3. The van der Waals surface area contributed by atoms with Crippen LogP contribution >= 0.6 is 0 Å². The second kappa shape index (κ2) is 5.46. The fourth-order valence-electron chi connectivity index (χ4n) is 1.34. The van der Waals surface area contributed by atoms with Crippen LogP contribution < -0.4 is 4.74 Å². The van der Waals surface area contributed by atoms with Crippen molar-refractivity contribution in [2.24, 2.45) is 0 Å². The number of aliphatic carboxylic acids is 1. The van der Waals surface area contributed by atoms with Crippen molar-refractivity contribution in [2.45, 2.75) is 32.3 Å². The van der Waals surface area contributed by atoms with E-state index in [1.54, 1.807) is 0 Å². The van der Waals surface area contributed by atoms with Crippen molar-refractivity contribution in [1.82, 2.24) is 0 Å². The van der Waals surface area contributed by atoms with E-state index in [-0.39, 0.29) is 0 Å². The number of halogens is 4. The zero-order valence-electron chi connectivity index (χ0n) is 10.2. The van der Waals surface area contributed by atoms with Gasteiger partial charge in [0.2, 0.25) is 0 Å². The van der Waals surface area contributed by atoms with Crippen molar-refractivity contribution in [3.63, 3.8) is 0 Å². The lowest BCUT2D eigenvalue weighted by Gasteiger charge is -2.20. The molecule has 1 N–H and O–H groups in total. The zero-order chi connectivity index (χ0) is 14.8. The van der Waals surface area contributed by atoms with Gasteiger partial charge in [-0.05, 0) is 13.0 Å². The maximum atomic E-state index is 13.6. The van der Waals surface area contributed by atoms with Crippen LogP contribution in [0.1, 0.15) is 25.8 Å². The predicted molar refractivity (Wildman–Crippen MR) is 58.3 cm³/mol. The van der Waals surface area contributed by atoms with E-state index in [4.69, 9.17) is 9.84 Å². The predicted octanol–water partition coefficient (Wildman–Crippen LogP) is 3.32. The average Bonchev–Trinajstić information content (AvgIpc) is 2.33. The molecule has 0 aromatic heterocycles. The molecule has 7 heteroatoms. The van der Waals surface area contributed by atoms with E-state index in [0.29, 0.717) is 12.1 Å². The van der Waals surface area contributed by atoms with Crippen LogP contribution in [-0.4, -0.2) is 17.2 Å². The third-order valence-corrected chi connectivity index (χ3v) is 2.51. The van der Waals surface area contributed by atoms with Gasteiger partial charge in [-0.1, -0.05) is 6.92 Å². The van der Waals surface area contributed by atoms with Crippen LogP contribution in [0.25, 0.3) is 0 Å². The van der Waals surface area contributed by atoms with Gasteiger partial charge in [0.25, 0.3) is 5.92 Å². The van der Waals surface area contributed by atoms with Crippen LogP contribution in [0, 0.1) is 11.6 Å². The van der Waals surface area contributed by atoms with Crippen molar-refractivity contribution in [3.05, 3.63) is 29.3 Å². The van der Waals surface area contributed by atoms with Gasteiger partial charge in [0.05, 0.1) is 5.56 Å². The highest BCUT2D eigenvalue weighted by Crippen LogP contribution is 2.39. The average molecular weight is 280 g/mol. The Labute approximate surface area is 106 Å². The molecular weight excluding hydrogens is 268 g/mol. The molecule has 0 saturated carbocycles. The molecule has 0 aliphatic heterocycles. The summed E-state index contributed by atoms with van der Waals surface area (Å²) in [6, 6.07) is 0.746. The summed E-state index contributed by atoms with van der Waals surface area (Å²) < 4.78 is 58.0. The molecule has 0 spiro atoms. The van der Waals surface area contributed by atoms with E-state index in [1.807, 2.05) is 0 Å². The third-order valence-electron chi connectivity index (χ3n) is 2.51. The van der Waals surface area contributed by atoms with Crippen molar-refractivity contribution >= 4 is 5.97 Å². The molecule has 1 atom stereocenters. The van der Waals surface area contributed by atoms with Crippen molar-refractivity contribution < 1.29 is 32.2 Å². The highest BCUT2D eigenvalue weighted by molar-refractivity contribution is 5.72. The molecule has 106 valence electrons. The Morgan fingerprint density at radius 1 is 1.37 bits per heavy atom. The van der Waals surface area contributed by atoms with E-state index in [0.717, 1.165) is 13.8 Å². The Balaban J connectivity index is 3.28. The van der Waals surface area contributed by atoms with Crippen LogP contribution in [0.3, 0.4) is 0 Å². The fourth-order valence-corrected chi connectivity index (χ4v) is 1.34. The molecule has 0 aliphatic rings. The maximum absolute atomic E-state index is 13.6. The molecule has 1 unspecified atom stereocenters. The summed E-state index contributed by atoms with van der Waals surface area (Å²) in [4.78, 5) is 10.6. The van der Waals surface area contributed by atoms with Crippen LogP contribution in [0.2, 0.25) is 0 Å². The van der Waals surface area contributed by atoms with E-state index in [1.165, 1.54) is 0 Å². The number of hydrogen-bond acceptors (Lipinski definition) is 2. The lowest BCUT2D eigenvalue weighted by atomic mass is 10.0. The van der Waals surface area contributed by atoms with E-state index < -0.39 is 47.4 Å². The third kappa shape index (κ3) is 3.36. The quantitative estimate of drug-likeness (QED) is 0.842. The molecule has 3 nitrogen and oxygen atoms in total. The molecule has 0 amide bonds. The summed E-state index contributed by atoms with van der Waals surface area (Å²) in [6.45, 7) is 2.25. The monoisotopic (exact) mass is 280 g/mol. The number of alkyl halides is 2. The van der Waals surface area contributed by atoms with Crippen LogP contribution in [0.15, 0.2) is 12.1 Å². The number of carboxylic acids is 1. The summed E-state index contributed by atoms with van der Waals surface area (Å²) in [5, 5.41) is 8.64. The lowest BCUT2D eigenvalue weighted by molar-refractivity contribution is -0.144. The Morgan fingerprint density at radius 2 is 1.89 bits per heavy atom. The van der Waals surface area contributed by atoms with Crippen molar-refractivity contribution in [1.29, 1.82) is 0 Å². The minimum atomic E-state index is -3.44. The number of ether oxygens (including phenoxy) is 1. The van der Waals surface area contributed by atoms with Gasteiger partial charge in [-0.15, -0.1) is 0 Å². The lowest BCUT2D eigenvalue weighted by Crippen LogP contribution is -2.25. The van der Waals surface area contributed by atoms with Gasteiger partial charge in [0.15, 0.2) is 17.7 Å². The first-order valence-corrected chi connectivity index (χ1v) is 5.45. The molecule has 0 fully saturated rings. The van der Waals surface area contributed by atoms with E-state index in [9.17, 15) is 22.4 Å². The second-order valence-corrected chi connectivity index (χ2v) is 3.92. The van der Waals surface area contributed by atoms with E-state index >= 15 is 0 Å². The molecule has 19 heavy (non-hydrogen) atoms. The zero-order valence-corrected chi connectivity index (χ0v) is 10.2. The number of benzene rings is 1. The molecule has 0 saturated heterocycles. The van der Waals surface area contributed by atoms with Crippen LogP contribution in [0.4, 0.5) is 17.6 Å². The minimum absolute atomic E-state index is 0.322. The Hall–Kier alpha value is -1.79. The standard InChI is InChI=1S/C12H12F4O3/c1-3-12(15,16)7-4-8(13)9(14)5-10(7)19-6(2)11(17)18/h4-6H,3H2,1-2H3,(H,17,18). The first-order chi connectivity index (χ1) is 8.69. The smallest absolute Gasteiger partial charge is 0.344 e. The number of hydrogen-bond donors (Lipinski definition) is 1. The second-order valence-electron chi connectivity index (χ2n) is 3.92. The van der Waals surface area contributed by atoms with Gasteiger partial charge in [0, 0.05) is 12.5 Å². The number of carbonyl (C=O) groups is 1. The van der Waals surface area contributed by atoms with Crippen molar-refractivity contribution in [3.8, 4) is 5.75 Å². The van der Waals surface area contributed by atoms with Gasteiger partial charge < -0.3 is 9.84 Å². The van der Waals surface area contributed by atoms with Crippen molar-refractivity contribution in [2.75, 3.05) is 0 Å². The fraction of sp³-hybridized carbons (Fsp3) is 0.417. The molecule has 0 heterocycles. The molecule has 1 aromatic carbocycles. The summed E-state index contributed by atoms with van der Waals surface area (Å²) in [5.74, 6) is -8.36. The number of rotatable bonds is 5. The topological polar surface area (TPSA) is 46.5 Å². The molecule has 1 aromatic rings. The first kappa shape index (κ1) is 15.3. The molecule has 0 bridgehead atoms. The molecular formula is C12H12F4O3. The summed E-state index contributed by atoms with van der Waals surface area (Å²) in [7, 11) is 0. The Kier molecular flexibility index (Phi) is 4.39. The largest absolute Gasteiger partial charge is 0.479 e. The van der Waals surface area contributed by atoms with Gasteiger partial charge in [-0.3, -0.25) is 0 Å². The highest BCUT2D eigenvalue weighted by Gasteiger charge is 2.35. The first-order valence-electron chi connectivity index (χ1n) is 5.45. The summed E-state index contributed by atoms with van der Waals surface area (Å²) in [6.07, 6.45) is -2.12. The van der Waals surface area contributed by atoms with Gasteiger partial charge >= 0.3 is 5.97 Å². The normalized spacial score (nSPS) is 13.2. The summed E-state index contributed by atoms with van der Waals surface area (Å²) >= 11 is 0. The molecule has 1 rings (SSSR count). The van der Waals surface area contributed by atoms with Gasteiger partial charge in [-0.25, -0.2) is 22.4 Å². The maximum Gasteiger partial charge on any atom is 0.344 e. The SMILES string of the molecule is CCC(F)(F)c1cc(F)c(F)cc1OC(C)C(=O)O. The Morgan fingerprint density at radius 3 is 2.37 bits per heavy atom. The Bertz CT molecular complexity index is 488. The van der Waals surface area contributed by atoms with Gasteiger partial charge in [-0.2, -0.15) is 0 Å². The molecule has 0 aliphatic carbocycles. The van der Waals surface area contributed by atoms with Gasteiger partial charge in [0.1, 0.15) is 5.75 Å². The number of carboxylic acid groups (broad SMARTS) is 1. The van der Waals surface area contributed by atoms with Crippen LogP contribution in [-0.2, 0) is 10.7 Å². The summed E-state index contributed by atoms with van der Waals surface area (Å²) in [5.41, 5.74) is -0.873. The minimum Gasteiger partial charge on any atom is -0.479 e.